The van der Waals surface area contributed by atoms with E-state index in [1.165, 1.54) is 6.08 Å². The van der Waals surface area contributed by atoms with Crippen molar-refractivity contribution >= 4 is 45.1 Å². The second kappa shape index (κ2) is 8.37. The van der Waals surface area contributed by atoms with E-state index < -0.39 is 0 Å². The van der Waals surface area contributed by atoms with E-state index in [0.29, 0.717) is 41.7 Å². The lowest BCUT2D eigenvalue weighted by molar-refractivity contribution is -0.128. The number of aromatic amines is 1. The van der Waals surface area contributed by atoms with Gasteiger partial charge in [0.05, 0.1) is 22.1 Å². The van der Waals surface area contributed by atoms with Crippen LogP contribution in [-0.4, -0.2) is 56.6 Å². The average Bonchev–Trinajstić information content (AvgIpc) is 3.29. The van der Waals surface area contributed by atoms with Gasteiger partial charge in [-0.3, -0.25) is 9.89 Å². The number of amides is 1. The Labute approximate surface area is 195 Å². The molecule has 5 rings (SSSR count). The standard InChI is InChI=1S/C24H23ClN6O2/c1-4-20(32)31-9-8-30(12-15(31)3)24-16-6-5-7-19(22(16)26-13-27-24)33-23-17-11-28-29-18(17)10-14(2)21(23)25/h4-7,10-11,13,15H,1,8-9,12H2,2-3H3,(H,28,29)/t15-/m0/s1. The first-order valence-corrected chi connectivity index (χ1v) is 11.1. The lowest BCUT2D eigenvalue weighted by atomic mass is 10.1. The second-order valence-corrected chi connectivity index (χ2v) is 8.53. The number of aromatic nitrogens is 4. The van der Waals surface area contributed by atoms with E-state index >= 15 is 0 Å². The molecule has 1 N–H and O–H groups in total. The molecule has 1 aliphatic heterocycles. The molecule has 2 aromatic heterocycles. The van der Waals surface area contributed by atoms with Crippen LogP contribution in [0.5, 0.6) is 11.5 Å². The molecule has 1 aliphatic rings. The molecule has 8 nitrogen and oxygen atoms in total. The van der Waals surface area contributed by atoms with Crippen LogP contribution in [0.15, 0.2) is 49.4 Å². The predicted octanol–water partition coefficient (Wildman–Crippen LogP) is 4.48. The normalized spacial score (nSPS) is 16.4. The fourth-order valence-electron chi connectivity index (χ4n) is 4.35. The molecule has 1 atom stereocenters. The van der Waals surface area contributed by atoms with Gasteiger partial charge in [-0.15, -0.1) is 0 Å². The largest absolute Gasteiger partial charge is 0.453 e. The fraction of sp³-hybridized carbons (Fsp3) is 0.250. The number of aryl methyl sites for hydroxylation is 1. The zero-order valence-corrected chi connectivity index (χ0v) is 19.1. The molecule has 4 aromatic rings. The molecular formula is C24H23ClN6O2. The molecule has 0 radical (unpaired) electrons. The number of halogens is 1. The number of hydrogen-bond donors (Lipinski definition) is 1. The third kappa shape index (κ3) is 3.66. The second-order valence-electron chi connectivity index (χ2n) is 8.15. The Morgan fingerprint density at radius 1 is 1.30 bits per heavy atom. The number of benzene rings is 2. The summed E-state index contributed by atoms with van der Waals surface area (Å²) in [5, 5.41) is 9.30. The Kier molecular flexibility index (Phi) is 5.38. The van der Waals surface area contributed by atoms with Crippen LogP contribution in [-0.2, 0) is 4.79 Å². The quantitative estimate of drug-likeness (QED) is 0.450. The number of fused-ring (bicyclic) bond motifs is 2. The van der Waals surface area contributed by atoms with Gasteiger partial charge in [0.2, 0.25) is 5.91 Å². The smallest absolute Gasteiger partial charge is 0.246 e. The molecule has 33 heavy (non-hydrogen) atoms. The Morgan fingerprint density at radius 2 is 2.15 bits per heavy atom. The fourth-order valence-corrected chi connectivity index (χ4v) is 4.54. The Hall–Kier alpha value is -3.65. The minimum absolute atomic E-state index is 0.0363. The van der Waals surface area contributed by atoms with E-state index in [0.717, 1.165) is 27.7 Å². The van der Waals surface area contributed by atoms with Crippen molar-refractivity contribution in [3.63, 3.8) is 0 Å². The highest BCUT2D eigenvalue weighted by atomic mass is 35.5. The Bertz CT molecular complexity index is 1380. The SMILES string of the molecule is C=CC(=O)N1CCN(c2ncnc3c(Oc4c(Cl)c(C)cc5[nH]ncc45)cccc23)C[C@@H]1C. The highest BCUT2D eigenvalue weighted by Crippen LogP contribution is 2.40. The molecule has 0 aliphatic carbocycles. The van der Waals surface area contributed by atoms with E-state index in [1.54, 1.807) is 12.5 Å². The highest BCUT2D eigenvalue weighted by Gasteiger charge is 2.28. The van der Waals surface area contributed by atoms with Crippen LogP contribution in [0.3, 0.4) is 0 Å². The molecule has 0 unspecified atom stereocenters. The Balaban J connectivity index is 1.53. The third-order valence-corrected chi connectivity index (χ3v) is 6.49. The summed E-state index contributed by atoms with van der Waals surface area (Å²) in [6.45, 7) is 9.49. The summed E-state index contributed by atoms with van der Waals surface area (Å²) in [5.74, 6) is 1.88. The van der Waals surface area contributed by atoms with Crippen LogP contribution in [0.25, 0.3) is 21.8 Å². The van der Waals surface area contributed by atoms with Gasteiger partial charge in [-0.25, -0.2) is 9.97 Å². The third-order valence-electron chi connectivity index (χ3n) is 6.02. The van der Waals surface area contributed by atoms with Gasteiger partial charge in [-0.2, -0.15) is 5.10 Å². The topological polar surface area (TPSA) is 87.2 Å². The van der Waals surface area contributed by atoms with E-state index in [4.69, 9.17) is 16.3 Å². The molecule has 1 fully saturated rings. The highest BCUT2D eigenvalue weighted by molar-refractivity contribution is 6.34. The number of anilines is 1. The molecule has 0 bridgehead atoms. The number of ether oxygens (including phenoxy) is 1. The zero-order chi connectivity index (χ0) is 23.1. The van der Waals surface area contributed by atoms with Crippen molar-refractivity contribution in [3.05, 3.63) is 60.0 Å². The van der Waals surface area contributed by atoms with E-state index in [-0.39, 0.29) is 11.9 Å². The van der Waals surface area contributed by atoms with Gasteiger partial charge in [0.15, 0.2) is 11.5 Å². The average molecular weight is 463 g/mol. The van der Waals surface area contributed by atoms with E-state index in [2.05, 4.69) is 31.6 Å². The lowest BCUT2D eigenvalue weighted by Crippen LogP contribution is -2.54. The Morgan fingerprint density at radius 3 is 2.94 bits per heavy atom. The van der Waals surface area contributed by atoms with Crippen molar-refractivity contribution in [1.82, 2.24) is 25.1 Å². The zero-order valence-electron chi connectivity index (χ0n) is 18.4. The predicted molar refractivity (Wildman–Crippen MR) is 129 cm³/mol. The molecule has 168 valence electrons. The maximum Gasteiger partial charge on any atom is 0.246 e. The van der Waals surface area contributed by atoms with Gasteiger partial charge < -0.3 is 14.5 Å². The number of nitrogens with one attached hydrogen (secondary N) is 1. The molecule has 3 heterocycles. The van der Waals surface area contributed by atoms with Crippen LogP contribution < -0.4 is 9.64 Å². The van der Waals surface area contributed by atoms with Gasteiger partial charge >= 0.3 is 0 Å². The molecule has 0 saturated carbocycles. The maximum atomic E-state index is 12.1. The monoisotopic (exact) mass is 462 g/mol. The van der Waals surface area contributed by atoms with Gasteiger partial charge in [0.1, 0.15) is 17.7 Å². The number of hydrogen-bond acceptors (Lipinski definition) is 6. The number of nitrogens with zero attached hydrogens (tertiary/aromatic N) is 5. The van der Waals surface area contributed by atoms with E-state index in [9.17, 15) is 4.79 Å². The maximum absolute atomic E-state index is 12.1. The van der Waals surface area contributed by atoms with Gasteiger partial charge in [-0.1, -0.05) is 24.2 Å². The minimum atomic E-state index is -0.0500. The number of rotatable bonds is 4. The summed E-state index contributed by atoms with van der Waals surface area (Å²) in [6.07, 6.45) is 4.61. The van der Waals surface area contributed by atoms with Crippen molar-refractivity contribution in [2.45, 2.75) is 19.9 Å². The van der Waals surface area contributed by atoms with Gasteiger partial charge in [0.25, 0.3) is 0 Å². The summed E-state index contributed by atoms with van der Waals surface area (Å²) in [5.41, 5.74) is 2.43. The van der Waals surface area contributed by atoms with Crippen molar-refractivity contribution in [2.75, 3.05) is 24.5 Å². The minimum Gasteiger partial charge on any atom is -0.453 e. The van der Waals surface area contributed by atoms with Crippen LogP contribution in [0.2, 0.25) is 5.02 Å². The number of para-hydroxylation sites is 1. The van der Waals surface area contributed by atoms with Crippen molar-refractivity contribution in [2.24, 2.45) is 0 Å². The molecular weight excluding hydrogens is 440 g/mol. The van der Waals surface area contributed by atoms with Crippen molar-refractivity contribution in [1.29, 1.82) is 0 Å². The van der Waals surface area contributed by atoms with Crippen LogP contribution in [0.1, 0.15) is 12.5 Å². The van der Waals surface area contributed by atoms with Crippen molar-refractivity contribution in [3.8, 4) is 11.5 Å². The lowest BCUT2D eigenvalue weighted by Gasteiger charge is -2.40. The van der Waals surface area contributed by atoms with Gasteiger partial charge in [-0.05, 0) is 43.7 Å². The summed E-state index contributed by atoms with van der Waals surface area (Å²) < 4.78 is 6.34. The number of carbonyl (C=O) groups is 1. The van der Waals surface area contributed by atoms with Gasteiger partial charge in [0, 0.05) is 31.1 Å². The number of piperazine rings is 1. The molecule has 0 spiro atoms. The first-order chi connectivity index (χ1) is 16.0. The molecule has 2 aromatic carbocycles. The summed E-state index contributed by atoms with van der Waals surface area (Å²) in [6, 6.07) is 7.75. The number of carbonyl (C=O) groups excluding carboxylic acids is 1. The molecule has 1 amide bonds. The number of H-pyrrole nitrogens is 1. The summed E-state index contributed by atoms with van der Waals surface area (Å²) in [4.78, 5) is 25.2. The first kappa shape index (κ1) is 21.2. The molecule has 1 saturated heterocycles. The van der Waals surface area contributed by atoms with Crippen LogP contribution in [0.4, 0.5) is 5.82 Å². The van der Waals surface area contributed by atoms with Crippen molar-refractivity contribution < 1.29 is 9.53 Å². The summed E-state index contributed by atoms with van der Waals surface area (Å²) >= 11 is 6.60. The summed E-state index contributed by atoms with van der Waals surface area (Å²) in [7, 11) is 0. The van der Waals surface area contributed by atoms with E-state index in [1.807, 2.05) is 43.0 Å². The molecule has 9 heteroatoms. The van der Waals surface area contributed by atoms with Crippen LogP contribution >= 0.6 is 11.6 Å². The van der Waals surface area contributed by atoms with Crippen LogP contribution in [0, 0.1) is 6.92 Å². The first-order valence-electron chi connectivity index (χ1n) is 10.7.